The molecular weight excluding hydrogens is 406 g/mol. The summed E-state index contributed by atoms with van der Waals surface area (Å²) in [5.74, 6) is -2.43. The third-order valence-corrected chi connectivity index (χ3v) is 5.33. The fraction of sp³-hybridized carbons (Fsp3) is 0.381. The first-order valence-electron chi connectivity index (χ1n) is 9.77. The Morgan fingerprint density at radius 3 is 2.45 bits per heavy atom. The number of nitrogens with two attached hydrogens (primary N) is 1. The van der Waals surface area contributed by atoms with Crippen molar-refractivity contribution >= 4 is 17.7 Å². The Morgan fingerprint density at radius 2 is 1.84 bits per heavy atom. The predicted octanol–water partition coefficient (Wildman–Crippen LogP) is -1.16. The van der Waals surface area contributed by atoms with Crippen LogP contribution in [0, 0.1) is 0 Å². The Kier molecular flexibility index (Phi) is 6.74. The van der Waals surface area contributed by atoms with Gasteiger partial charge in [-0.3, -0.25) is 14.4 Å². The Labute approximate surface area is 178 Å². The van der Waals surface area contributed by atoms with E-state index in [1.165, 1.54) is 18.4 Å². The molecule has 0 saturated heterocycles. The summed E-state index contributed by atoms with van der Waals surface area (Å²) in [5.41, 5.74) is 4.01. The van der Waals surface area contributed by atoms with Gasteiger partial charge in [-0.25, -0.2) is 0 Å². The fourth-order valence-electron chi connectivity index (χ4n) is 3.64. The van der Waals surface area contributed by atoms with Crippen LogP contribution >= 0.6 is 0 Å². The van der Waals surface area contributed by atoms with Crippen LogP contribution in [-0.4, -0.2) is 62.9 Å². The van der Waals surface area contributed by atoms with E-state index < -0.39 is 54.0 Å². The van der Waals surface area contributed by atoms with Crippen molar-refractivity contribution < 1.29 is 34.1 Å². The van der Waals surface area contributed by atoms with Crippen molar-refractivity contribution in [1.82, 2.24) is 10.6 Å². The third kappa shape index (κ3) is 5.29. The number of rotatable bonds is 7. The molecule has 0 bridgehead atoms. The van der Waals surface area contributed by atoms with E-state index in [2.05, 4.69) is 10.6 Å². The van der Waals surface area contributed by atoms with Crippen LogP contribution in [0.25, 0.3) is 0 Å². The van der Waals surface area contributed by atoms with Crippen LogP contribution < -0.4 is 16.4 Å². The molecule has 31 heavy (non-hydrogen) atoms. The van der Waals surface area contributed by atoms with Gasteiger partial charge in [0.25, 0.3) is 11.8 Å². The van der Waals surface area contributed by atoms with E-state index in [0.29, 0.717) is 0 Å². The summed E-state index contributed by atoms with van der Waals surface area (Å²) in [6, 6.07) is 9.53. The lowest BCUT2D eigenvalue weighted by atomic mass is 9.77. The second-order valence-electron chi connectivity index (χ2n) is 7.67. The quantitative estimate of drug-likeness (QED) is 0.320. The molecule has 0 radical (unpaired) electrons. The lowest BCUT2D eigenvalue weighted by Crippen LogP contribution is -2.64. The van der Waals surface area contributed by atoms with Crippen molar-refractivity contribution in [3.63, 3.8) is 0 Å². The molecule has 1 saturated carbocycles. The second kappa shape index (κ2) is 9.29. The minimum absolute atomic E-state index is 0.0306. The molecule has 1 heterocycles. The molecule has 1 aromatic heterocycles. The van der Waals surface area contributed by atoms with Gasteiger partial charge in [0.1, 0.15) is 17.7 Å². The van der Waals surface area contributed by atoms with Gasteiger partial charge in [0, 0.05) is 19.3 Å². The summed E-state index contributed by atoms with van der Waals surface area (Å²) < 4.78 is 4.98. The number of aliphatic hydroxyl groups excluding tert-OH is 2. The number of hydrogen-bond acceptors (Lipinski definition) is 7. The molecule has 0 spiro atoms. The molecule has 7 N–H and O–H groups in total. The number of benzene rings is 1. The first kappa shape index (κ1) is 22.5. The zero-order valence-electron chi connectivity index (χ0n) is 16.6. The molecule has 1 aromatic carbocycles. The summed E-state index contributed by atoms with van der Waals surface area (Å²) in [5, 5.41) is 36.3. The van der Waals surface area contributed by atoms with Gasteiger partial charge in [-0.15, -0.1) is 0 Å². The van der Waals surface area contributed by atoms with Gasteiger partial charge in [-0.1, -0.05) is 30.3 Å². The maximum Gasteiger partial charge on any atom is 0.287 e. The molecule has 1 aliphatic carbocycles. The van der Waals surface area contributed by atoms with Gasteiger partial charge < -0.3 is 36.1 Å². The van der Waals surface area contributed by atoms with Crippen molar-refractivity contribution in [1.29, 1.82) is 0 Å². The molecule has 166 valence electrons. The smallest absolute Gasteiger partial charge is 0.287 e. The highest BCUT2D eigenvalue weighted by Gasteiger charge is 2.49. The maximum atomic E-state index is 12.8. The number of furan rings is 1. The lowest BCUT2D eigenvalue weighted by molar-refractivity contribution is -0.159. The van der Waals surface area contributed by atoms with Gasteiger partial charge in [0.15, 0.2) is 5.76 Å². The third-order valence-electron chi connectivity index (χ3n) is 5.33. The van der Waals surface area contributed by atoms with E-state index >= 15 is 0 Å². The Bertz CT molecular complexity index is 918. The van der Waals surface area contributed by atoms with Crippen molar-refractivity contribution in [3.8, 4) is 0 Å². The number of amides is 3. The maximum absolute atomic E-state index is 12.8. The second-order valence-corrected chi connectivity index (χ2v) is 7.67. The number of aliphatic hydroxyl groups is 3. The number of carbonyl (C=O) groups excluding carboxylic acids is 3. The molecule has 10 heteroatoms. The first-order valence-corrected chi connectivity index (χ1v) is 9.77. The molecule has 2 aromatic rings. The summed E-state index contributed by atoms with van der Waals surface area (Å²) in [6.07, 6.45) is -2.37. The van der Waals surface area contributed by atoms with Crippen LogP contribution in [0.1, 0.15) is 29.0 Å². The number of primary amides is 1. The molecule has 1 fully saturated rings. The highest BCUT2D eigenvalue weighted by atomic mass is 16.3. The van der Waals surface area contributed by atoms with E-state index in [4.69, 9.17) is 10.2 Å². The summed E-state index contributed by atoms with van der Waals surface area (Å²) in [4.78, 5) is 36.9. The lowest BCUT2D eigenvalue weighted by Gasteiger charge is -2.41. The zero-order valence-corrected chi connectivity index (χ0v) is 16.6. The van der Waals surface area contributed by atoms with Gasteiger partial charge >= 0.3 is 0 Å². The number of hydrogen-bond donors (Lipinski definition) is 6. The fourth-order valence-corrected chi connectivity index (χ4v) is 3.64. The zero-order chi connectivity index (χ0) is 22.6. The van der Waals surface area contributed by atoms with E-state index in [0.717, 1.165) is 5.56 Å². The van der Waals surface area contributed by atoms with Crippen molar-refractivity contribution in [2.75, 3.05) is 0 Å². The predicted molar refractivity (Wildman–Crippen MR) is 107 cm³/mol. The topological polar surface area (TPSA) is 175 Å². The standard InChI is InChI=1S/C21H25N3O7/c22-18(27)13(9-12-5-2-1-3-6-12)24-20(29)21(30)10-14(17(26)15(25)11-21)23-19(28)16-7-4-8-31-16/h1-8,13-15,17,25-26,30H,9-11H2,(H2,22,27)(H,23,28)(H,24,29)/t13-,14+,15-,17-,21-/m1/s1. The molecule has 3 rings (SSSR count). The van der Waals surface area contributed by atoms with E-state index in [1.807, 2.05) is 0 Å². The van der Waals surface area contributed by atoms with Crippen molar-refractivity contribution in [2.24, 2.45) is 5.73 Å². The van der Waals surface area contributed by atoms with Crippen LogP contribution in [-0.2, 0) is 16.0 Å². The van der Waals surface area contributed by atoms with E-state index in [1.54, 1.807) is 30.3 Å². The minimum Gasteiger partial charge on any atom is -0.459 e. The normalized spacial score (nSPS) is 26.6. The number of nitrogens with one attached hydrogen (secondary N) is 2. The minimum atomic E-state index is -2.15. The average molecular weight is 431 g/mol. The summed E-state index contributed by atoms with van der Waals surface area (Å²) in [7, 11) is 0. The molecule has 0 unspecified atom stereocenters. The highest BCUT2D eigenvalue weighted by Crippen LogP contribution is 2.30. The van der Waals surface area contributed by atoms with Crippen LogP contribution in [0.3, 0.4) is 0 Å². The van der Waals surface area contributed by atoms with Crippen molar-refractivity contribution in [2.45, 2.75) is 49.2 Å². The highest BCUT2D eigenvalue weighted by molar-refractivity contribution is 5.93. The molecule has 3 amide bonds. The Balaban J connectivity index is 1.72. The van der Waals surface area contributed by atoms with E-state index in [-0.39, 0.29) is 18.6 Å². The van der Waals surface area contributed by atoms with Gasteiger partial charge in [-0.05, 0) is 17.7 Å². The molecular formula is C21H25N3O7. The number of carbonyl (C=O) groups is 3. The van der Waals surface area contributed by atoms with Crippen LogP contribution in [0.4, 0.5) is 0 Å². The van der Waals surface area contributed by atoms with Gasteiger partial charge in [-0.2, -0.15) is 0 Å². The first-order chi connectivity index (χ1) is 14.7. The molecule has 0 aliphatic heterocycles. The summed E-state index contributed by atoms with van der Waals surface area (Å²) >= 11 is 0. The monoisotopic (exact) mass is 431 g/mol. The molecule has 1 aliphatic rings. The molecule has 10 nitrogen and oxygen atoms in total. The largest absolute Gasteiger partial charge is 0.459 e. The van der Waals surface area contributed by atoms with Crippen molar-refractivity contribution in [3.05, 3.63) is 60.1 Å². The SMILES string of the molecule is NC(=O)[C@@H](Cc1ccccc1)NC(=O)[C@]1(O)C[C@@H](O)[C@H](O)[C@@H](NC(=O)c2ccco2)C1. The van der Waals surface area contributed by atoms with Gasteiger partial charge in [0.2, 0.25) is 5.91 Å². The summed E-state index contributed by atoms with van der Waals surface area (Å²) in [6.45, 7) is 0. The Hall–Kier alpha value is -3.21. The van der Waals surface area contributed by atoms with E-state index in [9.17, 15) is 29.7 Å². The molecule has 5 atom stereocenters. The van der Waals surface area contributed by atoms with Crippen LogP contribution in [0.15, 0.2) is 53.1 Å². The van der Waals surface area contributed by atoms with Gasteiger partial charge in [0.05, 0.1) is 18.4 Å². The van der Waals surface area contributed by atoms with Crippen LogP contribution in [0.2, 0.25) is 0 Å². The van der Waals surface area contributed by atoms with Crippen LogP contribution in [0.5, 0.6) is 0 Å². The average Bonchev–Trinajstić information content (AvgIpc) is 3.27. The Morgan fingerprint density at radius 1 is 1.13 bits per heavy atom.